The minimum Gasteiger partial charge on any atom is -0.497 e. The van der Waals surface area contributed by atoms with Gasteiger partial charge in [-0.15, -0.1) is 0 Å². The molecule has 0 bridgehead atoms. The number of carbonyl (C=O) groups is 1. The molecule has 1 aliphatic rings. The molecule has 9 nitrogen and oxygen atoms in total. The zero-order valence-electron chi connectivity index (χ0n) is 17.5. The monoisotopic (exact) mass is 410 g/mol. The predicted molar refractivity (Wildman–Crippen MR) is 110 cm³/mol. The Morgan fingerprint density at radius 2 is 1.83 bits per heavy atom. The molecule has 1 aromatic carbocycles. The third kappa shape index (κ3) is 4.42. The number of nitrogens with zero attached hydrogens (tertiary/aromatic N) is 6. The van der Waals surface area contributed by atoms with Gasteiger partial charge in [0.05, 0.1) is 32.1 Å². The van der Waals surface area contributed by atoms with Gasteiger partial charge in [-0.25, -0.2) is 0 Å². The number of Topliss-reactive ketones (excluding diaryl/α,β-unsaturated/α-hetero) is 1. The van der Waals surface area contributed by atoms with Crippen LogP contribution < -0.4 is 4.74 Å². The van der Waals surface area contributed by atoms with E-state index in [9.17, 15) is 4.79 Å². The topological polar surface area (TPSA) is 89.5 Å². The number of piperazine rings is 1. The summed E-state index contributed by atoms with van der Waals surface area (Å²) in [6, 6.07) is 7.60. The second-order valence-electron chi connectivity index (χ2n) is 7.48. The van der Waals surface area contributed by atoms with Gasteiger partial charge in [0.1, 0.15) is 5.75 Å². The van der Waals surface area contributed by atoms with Crippen molar-refractivity contribution in [2.75, 3.05) is 33.3 Å². The number of benzene rings is 1. The Morgan fingerprint density at radius 3 is 2.47 bits per heavy atom. The lowest BCUT2D eigenvalue weighted by Crippen LogP contribution is -2.46. The molecule has 9 heteroatoms. The van der Waals surface area contributed by atoms with Gasteiger partial charge in [-0.05, 0) is 38.1 Å². The second kappa shape index (κ2) is 8.76. The summed E-state index contributed by atoms with van der Waals surface area (Å²) in [5, 5.41) is 8.46. The lowest BCUT2D eigenvalue weighted by atomic mass is 10.2. The van der Waals surface area contributed by atoms with Crippen LogP contribution in [0.4, 0.5) is 0 Å². The molecule has 4 rings (SSSR count). The third-order valence-electron chi connectivity index (χ3n) is 5.46. The Balaban J connectivity index is 1.30. The van der Waals surface area contributed by atoms with Gasteiger partial charge in [-0.1, -0.05) is 5.16 Å². The van der Waals surface area contributed by atoms with E-state index in [0.717, 1.165) is 43.2 Å². The Kier molecular flexibility index (Phi) is 5.91. The third-order valence-corrected chi connectivity index (χ3v) is 5.46. The fraction of sp³-hybridized carbons (Fsp3) is 0.429. The number of hydrogen-bond donors (Lipinski definition) is 0. The largest absolute Gasteiger partial charge is 0.497 e. The molecule has 3 aromatic rings. The van der Waals surface area contributed by atoms with Crippen LogP contribution in [-0.4, -0.2) is 68.8 Å². The first-order chi connectivity index (χ1) is 14.5. The van der Waals surface area contributed by atoms with Crippen LogP contribution in [0.15, 0.2) is 35.0 Å². The standard InChI is InChI=1S/C21H26N6O3/c1-15-19(16(2)28)12-22-27(15)14-26-10-8-25(9-11-26)13-20-23-21(24-30-20)17-4-6-18(29-3)7-5-17/h4-7,12H,8-11,13-14H2,1-3H3. The molecule has 0 amide bonds. The highest BCUT2D eigenvalue weighted by molar-refractivity contribution is 5.94. The van der Waals surface area contributed by atoms with Crippen molar-refractivity contribution in [1.82, 2.24) is 29.7 Å². The maximum Gasteiger partial charge on any atom is 0.241 e. The van der Waals surface area contributed by atoms with Crippen LogP contribution in [0.2, 0.25) is 0 Å². The normalized spacial score (nSPS) is 15.4. The Morgan fingerprint density at radius 1 is 1.13 bits per heavy atom. The van der Waals surface area contributed by atoms with Crippen molar-refractivity contribution in [3.63, 3.8) is 0 Å². The fourth-order valence-electron chi connectivity index (χ4n) is 3.58. The van der Waals surface area contributed by atoms with Gasteiger partial charge >= 0.3 is 0 Å². The number of ether oxygens (including phenoxy) is 1. The van der Waals surface area contributed by atoms with Gasteiger partial charge < -0.3 is 9.26 Å². The minimum atomic E-state index is 0.0529. The number of aromatic nitrogens is 4. The molecular formula is C21H26N6O3. The first kappa shape index (κ1) is 20.2. The smallest absolute Gasteiger partial charge is 0.241 e. The van der Waals surface area contributed by atoms with E-state index < -0.39 is 0 Å². The summed E-state index contributed by atoms with van der Waals surface area (Å²) >= 11 is 0. The van der Waals surface area contributed by atoms with Crippen molar-refractivity contribution in [2.24, 2.45) is 0 Å². The maximum absolute atomic E-state index is 11.6. The van der Waals surface area contributed by atoms with E-state index in [2.05, 4.69) is 25.0 Å². The summed E-state index contributed by atoms with van der Waals surface area (Å²) in [4.78, 5) is 20.8. The van der Waals surface area contributed by atoms with Crippen LogP contribution in [-0.2, 0) is 13.2 Å². The fourth-order valence-corrected chi connectivity index (χ4v) is 3.58. The second-order valence-corrected chi connectivity index (χ2v) is 7.48. The molecule has 3 heterocycles. The van der Waals surface area contributed by atoms with Gasteiger partial charge in [-0.2, -0.15) is 10.1 Å². The number of ketones is 1. The van der Waals surface area contributed by atoms with Crippen LogP contribution >= 0.6 is 0 Å². The maximum atomic E-state index is 11.6. The van der Waals surface area contributed by atoms with Crippen LogP contribution in [0.5, 0.6) is 5.75 Å². The summed E-state index contributed by atoms with van der Waals surface area (Å²) in [6.07, 6.45) is 1.66. The molecule has 0 N–H and O–H groups in total. The molecule has 1 saturated heterocycles. The van der Waals surface area contributed by atoms with Crippen molar-refractivity contribution in [1.29, 1.82) is 0 Å². The summed E-state index contributed by atoms with van der Waals surface area (Å²) in [6.45, 7) is 8.46. The van der Waals surface area contributed by atoms with E-state index in [1.165, 1.54) is 0 Å². The quantitative estimate of drug-likeness (QED) is 0.548. The van der Waals surface area contributed by atoms with E-state index in [0.29, 0.717) is 30.5 Å². The van der Waals surface area contributed by atoms with Crippen molar-refractivity contribution < 1.29 is 14.1 Å². The van der Waals surface area contributed by atoms with Crippen LogP contribution in [0.25, 0.3) is 11.4 Å². The molecule has 158 valence electrons. The molecule has 30 heavy (non-hydrogen) atoms. The van der Waals surface area contributed by atoms with E-state index >= 15 is 0 Å². The van der Waals surface area contributed by atoms with E-state index in [4.69, 9.17) is 9.26 Å². The minimum absolute atomic E-state index is 0.0529. The molecule has 0 radical (unpaired) electrons. The SMILES string of the molecule is COc1ccc(-c2noc(CN3CCN(Cn4ncc(C(C)=O)c4C)CC3)n2)cc1. The molecule has 2 aromatic heterocycles. The lowest BCUT2D eigenvalue weighted by Gasteiger charge is -2.33. The zero-order chi connectivity index (χ0) is 21.1. The highest BCUT2D eigenvalue weighted by Crippen LogP contribution is 2.20. The lowest BCUT2D eigenvalue weighted by molar-refractivity contribution is 0.0906. The Bertz CT molecular complexity index is 1000. The van der Waals surface area contributed by atoms with Crippen LogP contribution in [0.1, 0.15) is 28.9 Å². The Hall–Kier alpha value is -3.04. The molecule has 1 fully saturated rings. The van der Waals surface area contributed by atoms with Gasteiger partial charge in [0.25, 0.3) is 0 Å². The zero-order valence-corrected chi connectivity index (χ0v) is 17.5. The highest BCUT2D eigenvalue weighted by Gasteiger charge is 2.21. The molecule has 0 unspecified atom stereocenters. The van der Waals surface area contributed by atoms with E-state index in [-0.39, 0.29) is 5.78 Å². The molecule has 1 aliphatic heterocycles. The van der Waals surface area contributed by atoms with Crippen LogP contribution in [0, 0.1) is 6.92 Å². The van der Waals surface area contributed by atoms with Crippen molar-refractivity contribution in [3.05, 3.63) is 47.6 Å². The Labute approximate surface area is 175 Å². The number of carbonyl (C=O) groups excluding carboxylic acids is 1. The van der Waals surface area contributed by atoms with E-state index in [1.54, 1.807) is 20.2 Å². The van der Waals surface area contributed by atoms with Gasteiger partial charge in [-0.3, -0.25) is 19.3 Å². The van der Waals surface area contributed by atoms with Crippen molar-refractivity contribution >= 4 is 5.78 Å². The number of rotatable bonds is 7. The average Bonchev–Trinajstić information content (AvgIpc) is 3.36. The van der Waals surface area contributed by atoms with Gasteiger partial charge in [0.15, 0.2) is 5.78 Å². The van der Waals surface area contributed by atoms with Crippen molar-refractivity contribution in [3.8, 4) is 17.1 Å². The summed E-state index contributed by atoms with van der Waals surface area (Å²) in [7, 11) is 1.64. The molecule has 0 spiro atoms. The van der Waals surface area contributed by atoms with Gasteiger partial charge in [0, 0.05) is 37.4 Å². The van der Waals surface area contributed by atoms with Gasteiger partial charge in [0.2, 0.25) is 11.7 Å². The summed E-state index contributed by atoms with van der Waals surface area (Å²) in [5.74, 6) is 2.05. The predicted octanol–water partition coefficient (Wildman–Crippen LogP) is 2.23. The highest BCUT2D eigenvalue weighted by atomic mass is 16.5. The molecule has 0 atom stereocenters. The molecule has 0 aliphatic carbocycles. The first-order valence-corrected chi connectivity index (χ1v) is 9.98. The summed E-state index contributed by atoms with van der Waals surface area (Å²) < 4.78 is 12.5. The number of methoxy groups -OCH3 is 1. The molecular weight excluding hydrogens is 384 g/mol. The van der Waals surface area contributed by atoms with Crippen LogP contribution in [0.3, 0.4) is 0 Å². The number of hydrogen-bond acceptors (Lipinski definition) is 8. The van der Waals surface area contributed by atoms with Crippen molar-refractivity contribution in [2.45, 2.75) is 27.1 Å². The first-order valence-electron chi connectivity index (χ1n) is 9.98. The average molecular weight is 410 g/mol. The summed E-state index contributed by atoms with van der Waals surface area (Å²) in [5.41, 5.74) is 2.51. The molecule has 0 saturated carbocycles. The van der Waals surface area contributed by atoms with E-state index in [1.807, 2.05) is 35.9 Å².